The van der Waals surface area contributed by atoms with Gasteiger partial charge in [0, 0.05) is 22.2 Å². The molecule has 1 N–H and O–H groups in total. The summed E-state index contributed by atoms with van der Waals surface area (Å²) in [6.07, 6.45) is 0. The van der Waals surface area contributed by atoms with Crippen LogP contribution in [0.3, 0.4) is 0 Å². The Labute approximate surface area is 140 Å². The van der Waals surface area contributed by atoms with Crippen LogP contribution >= 0.6 is 11.8 Å². The Bertz CT molecular complexity index is 820. The Balaban J connectivity index is 1.68. The van der Waals surface area contributed by atoms with Crippen molar-refractivity contribution in [1.82, 2.24) is 5.16 Å². The van der Waals surface area contributed by atoms with Crippen molar-refractivity contribution in [2.24, 2.45) is 0 Å². The summed E-state index contributed by atoms with van der Waals surface area (Å²) in [6.45, 7) is 0. The number of benzene rings is 2. The fourth-order valence-corrected chi connectivity index (χ4v) is 2.53. The molecule has 0 aliphatic carbocycles. The predicted octanol–water partition coefficient (Wildman–Crippen LogP) is 4.91. The molecule has 24 heavy (non-hydrogen) atoms. The summed E-state index contributed by atoms with van der Waals surface area (Å²) in [7, 11) is 0. The number of hydrogen-bond acceptors (Lipinski definition) is 4. The SMILES string of the molecule is O=C(Nc1ccc(SC(F)F)cc1)c1cc(-c2ccccc2)on1. The smallest absolute Gasteiger partial charge is 0.288 e. The third kappa shape index (κ3) is 3.99. The lowest BCUT2D eigenvalue weighted by Gasteiger charge is -2.04. The number of anilines is 1. The third-order valence-corrected chi connectivity index (χ3v) is 3.86. The second-order valence-corrected chi connectivity index (χ2v) is 5.86. The van der Waals surface area contributed by atoms with Gasteiger partial charge in [0.2, 0.25) is 0 Å². The number of carbonyl (C=O) groups is 1. The van der Waals surface area contributed by atoms with Gasteiger partial charge in [-0.1, -0.05) is 47.3 Å². The molecule has 0 bridgehead atoms. The molecule has 0 aliphatic heterocycles. The van der Waals surface area contributed by atoms with Gasteiger partial charge in [-0.3, -0.25) is 4.79 Å². The van der Waals surface area contributed by atoms with Gasteiger partial charge in [0.25, 0.3) is 11.7 Å². The third-order valence-electron chi connectivity index (χ3n) is 3.14. The van der Waals surface area contributed by atoms with Gasteiger partial charge in [0.15, 0.2) is 11.5 Å². The molecule has 1 heterocycles. The van der Waals surface area contributed by atoms with Crippen molar-refractivity contribution in [1.29, 1.82) is 0 Å². The number of aromatic nitrogens is 1. The average Bonchev–Trinajstić information content (AvgIpc) is 3.07. The van der Waals surface area contributed by atoms with E-state index < -0.39 is 11.7 Å². The molecule has 0 aliphatic rings. The molecule has 122 valence electrons. The molecule has 7 heteroatoms. The van der Waals surface area contributed by atoms with Crippen LogP contribution in [0.2, 0.25) is 0 Å². The molecular formula is C17H12F2N2O2S. The minimum Gasteiger partial charge on any atom is -0.355 e. The molecule has 0 spiro atoms. The zero-order valence-electron chi connectivity index (χ0n) is 12.3. The second-order valence-electron chi connectivity index (χ2n) is 4.80. The van der Waals surface area contributed by atoms with Crippen molar-refractivity contribution in [2.45, 2.75) is 10.7 Å². The quantitative estimate of drug-likeness (QED) is 0.667. The second kappa shape index (κ2) is 7.27. The maximum atomic E-state index is 12.3. The van der Waals surface area contributed by atoms with E-state index in [4.69, 9.17) is 4.52 Å². The first-order chi connectivity index (χ1) is 11.6. The van der Waals surface area contributed by atoms with Gasteiger partial charge in [-0.15, -0.1) is 0 Å². The summed E-state index contributed by atoms with van der Waals surface area (Å²) in [6, 6.07) is 17.0. The number of rotatable bonds is 5. The van der Waals surface area contributed by atoms with E-state index in [1.54, 1.807) is 18.2 Å². The highest BCUT2D eigenvalue weighted by Gasteiger charge is 2.14. The Hall–Kier alpha value is -2.67. The van der Waals surface area contributed by atoms with Crippen LogP contribution in [0, 0.1) is 0 Å². The molecule has 2 aromatic carbocycles. The van der Waals surface area contributed by atoms with Crippen LogP contribution in [-0.4, -0.2) is 16.8 Å². The van der Waals surface area contributed by atoms with Crippen LogP contribution in [0.15, 0.2) is 70.1 Å². The molecular weight excluding hydrogens is 334 g/mol. The van der Waals surface area contributed by atoms with Gasteiger partial charge in [0.1, 0.15) is 0 Å². The molecule has 3 aromatic rings. The summed E-state index contributed by atoms with van der Waals surface area (Å²) >= 11 is 0.450. The maximum absolute atomic E-state index is 12.3. The summed E-state index contributed by atoms with van der Waals surface area (Å²) in [5.74, 6) is -2.42. The molecule has 0 atom stereocenters. The fraction of sp³-hybridized carbons (Fsp3) is 0.0588. The summed E-state index contributed by atoms with van der Waals surface area (Å²) in [5.41, 5.74) is 1.44. The molecule has 1 aromatic heterocycles. The number of halogens is 2. The number of hydrogen-bond donors (Lipinski definition) is 1. The van der Waals surface area contributed by atoms with Crippen LogP contribution in [0.5, 0.6) is 0 Å². The van der Waals surface area contributed by atoms with E-state index in [2.05, 4.69) is 10.5 Å². The molecule has 0 radical (unpaired) electrons. The average molecular weight is 346 g/mol. The Morgan fingerprint density at radius 2 is 1.79 bits per heavy atom. The molecule has 0 saturated carbocycles. The zero-order valence-corrected chi connectivity index (χ0v) is 13.1. The summed E-state index contributed by atoms with van der Waals surface area (Å²) < 4.78 is 29.7. The lowest BCUT2D eigenvalue weighted by atomic mass is 10.1. The molecule has 3 rings (SSSR count). The van der Waals surface area contributed by atoms with E-state index in [9.17, 15) is 13.6 Å². The Morgan fingerprint density at radius 3 is 2.46 bits per heavy atom. The Morgan fingerprint density at radius 1 is 1.08 bits per heavy atom. The van der Waals surface area contributed by atoms with E-state index in [0.717, 1.165) is 5.56 Å². The lowest BCUT2D eigenvalue weighted by molar-refractivity contribution is 0.101. The molecule has 0 unspecified atom stereocenters. The van der Waals surface area contributed by atoms with Gasteiger partial charge in [-0.05, 0) is 24.3 Å². The largest absolute Gasteiger partial charge is 0.355 e. The first-order valence-electron chi connectivity index (χ1n) is 7.00. The van der Waals surface area contributed by atoms with Gasteiger partial charge < -0.3 is 9.84 Å². The van der Waals surface area contributed by atoms with Crippen LogP contribution in [0.4, 0.5) is 14.5 Å². The first kappa shape index (κ1) is 16.2. The van der Waals surface area contributed by atoms with Crippen LogP contribution in [0.1, 0.15) is 10.5 Å². The van der Waals surface area contributed by atoms with Crippen molar-refractivity contribution in [3.8, 4) is 11.3 Å². The minimum atomic E-state index is -2.48. The zero-order chi connectivity index (χ0) is 16.9. The number of nitrogens with one attached hydrogen (secondary N) is 1. The van der Waals surface area contributed by atoms with Crippen LogP contribution in [0.25, 0.3) is 11.3 Å². The standard InChI is InChI=1S/C17H12F2N2O2S/c18-17(19)24-13-8-6-12(7-9-13)20-16(22)14-10-15(23-21-14)11-4-2-1-3-5-11/h1-10,17H,(H,20,22). The van der Waals surface area contributed by atoms with Gasteiger partial charge >= 0.3 is 0 Å². The Kier molecular flexibility index (Phi) is 4.90. The maximum Gasteiger partial charge on any atom is 0.288 e. The van der Waals surface area contributed by atoms with Crippen LogP contribution < -0.4 is 5.32 Å². The summed E-state index contributed by atoms with van der Waals surface area (Å²) in [5, 5.41) is 6.40. The number of amides is 1. The number of thioether (sulfide) groups is 1. The lowest BCUT2D eigenvalue weighted by Crippen LogP contribution is -2.11. The number of nitrogens with zero attached hydrogens (tertiary/aromatic N) is 1. The van der Waals surface area contributed by atoms with E-state index in [1.807, 2.05) is 30.3 Å². The van der Waals surface area contributed by atoms with E-state index in [1.165, 1.54) is 12.1 Å². The number of carbonyl (C=O) groups excluding carboxylic acids is 1. The highest BCUT2D eigenvalue weighted by atomic mass is 32.2. The van der Waals surface area contributed by atoms with Gasteiger partial charge in [-0.2, -0.15) is 8.78 Å². The van der Waals surface area contributed by atoms with Crippen molar-refractivity contribution in [2.75, 3.05) is 5.32 Å². The molecule has 4 nitrogen and oxygen atoms in total. The highest BCUT2D eigenvalue weighted by Crippen LogP contribution is 2.26. The van der Waals surface area contributed by atoms with Crippen LogP contribution in [-0.2, 0) is 0 Å². The fourth-order valence-electron chi connectivity index (χ4n) is 2.04. The van der Waals surface area contributed by atoms with Gasteiger partial charge in [0.05, 0.1) is 0 Å². The van der Waals surface area contributed by atoms with E-state index in [0.29, 0.717) is 28.1 Å². The van der Waals surface area contributed by atoms with Crippen molar-refractivity contribution in [3.63, 3.8) is 0 Å². The predicted molar refractivity (Wildman–Crippen MR) is 88.2 cm³/mol. The van der Waals surface area contributed by atoms with E-state index >= 15 is 0 Å². The molecule has 1 amide bonds. The molecule has 0 saturated heterocycles. The minimum absolute atomic E-state index is 0.139. The monoisotopic (exact) mass is 346 g/mol. The molecule has 0 fully saturated rings. The van der Waals surface area contributed by atoms with Crippen molar-refractivity contribution >= 4 is 23.4 Å². The first-order valence-corrected chi connectivity index (χ1v) is 7.88. The van der Waals surface area contributed by atoms with Gasteiger partial charge in [-0.25, -0.2) is 0 Å². The van der Waals surface area contributed by atoms with Crippen molar-refractivity contribution < 1.29 is 18.1 Å². The normalized spacial score (nSPS) is 10.8. The summed E-state index contributed by atoms with van der Waals surface area (Å²) in [4.78, 5) is 12.6. The highest BCUT2D eigenvalue weighted by molar-refractivity contribution is 7.99. The van der Waals surface area contributed by atoms with E-state index in [-0.39, 0.29) is 5.69 Å². The topological polar surface area (TPSA) is 55.1 Å². The van der Waals surface area contributed by atoms with Crippen molar-refractivity contribution in [3.05, 3.63) is 66.4 Å². The number of alkyl halides is 2.